The van der Waals surface area contributed by atoms with E-state index in [1.165, 1.54) is 6.92 Å². The van der Waals surface area contributed by atoms with Gasteiger partial charge in [-0.15, -0.1) is 0 Å². The number of alkyl halides is 1. The van der Waals surface area contributed by atoms with Crippen LogP contribution in [0.4, 0.5) is 4.39 Å². The van der Waals surface area contributed by atoms with Crippen molar-refractivity contribution < 1.29 is 66.3 Å². The Morgan fingerprint density at radius 2 is 1.46 bits per heavy atom. The average Bonchev–Trinajstić information content (AvgIpc) is 2.73. The van der Waals surface area contributed by atoms with Crippen molar-refractivity contribution in [2.45, 2.75) is 77.9 Å². The summed E-state index contributed by atoms with van der Waals surface area (Å²) in [7, 11) is 0.865. The minimum absolute atomic E-state index is 0.629. The Bertz CT molecular complexity index is 843. The van der Waals surface area contributed by atoms with E-state index in [4.69, 9.17) is 28.4 Å². The Morgan fingerprint density at radius 3 is 1.89 bits per heavy atom. The van der Waals surface area contributed by atoms with Crippen molar-refractivity contribution in [1.29, 1.82) is 0 Å². The Balaban J connectivity index is 3.72. The van der Waals surface area contributed by atoms with E-state index in [1.54, 1.807) is 0 Å². The van der Waals surface area contributed by atoms with Gasteiger partial charge in [-0.05, 0) is 0 Å². The minimum Gasteiger partial charge on any atom is -0.464 e. The van der Waals surface area contributed by atoms with Crippen LogP contribution in [0.15, 0.2) is 0 Å². The van der Waals surface area contributed by atoms with Crippen LogP contribution in [0.3, 0.4) is 0 Å². The summed E-state index contributed by atoms with van der Waals surface area (Å²) in [5.41, 5.74) is 0. The van der Waals surface area contributed by atoms with Crippen molar-refractivity contribution in [2.24, 2.45) is 5.92 Å². The molecule has 7 atom stereocenters. The number of halogens is 1. The first-order valence-electron chi connectivity index (χ1n) is 10.4. The number of rotatable bonds is 9. The van der Waals surface area contributed by atoms with Crippen LogP contribution in [0, 0.1) is 5.92 Å². The van der Waals surface area contributed by atoms with Crippen LogP contribution < -0.4 is 0 Å². The van der Waals surface area contributed by atoms with E-state index >= 15 is 4.39 Å². The third kappa shape index (κ3) is 7.60. The van der Waals surface area contributed by atoms with Crippen LogP contribution in [0.25, 0.3) is 0 Å². The molecule has 0 amide bonds. The molecule has 0 radical (unpaired) electrons. The van der Waals surface area contributed by atoms with Crippen molar-refractivity contribution in [2.75, 3.05) is 13.7 Å². The molecule has 1 rings (SSSR count). The summed E-state index contributed by atoms with van der Waals surface area (Å²) in [5, 5.41) is 0. The number of methoxy groups -OCH3 is 1. The fourth-order valence-electron chi connectivity index (χ4n) is 3.56. The summed E-state index contributed by atoms with van der Waals surface area (Å²) in [5.74, 6) is -10.5. The standard InChI is InChI=1S/C21H29FO13/c1-9-16(18(33-13(5)26)15(31-11(3)24)8-30-10(2)23)35-21(20(28)29-7,34-14(6)27)19(22)17(9)32-12(4)25/h9,15-19H,8H2,1-7H3. The summed E-state index contributed by atoms with van der Waals surface area (Å²) in [6.45, 7) is 5.62. The summed E-state index contributed by atoms with van der Waals surface area (Å²) < 4.78 is 51.2. The van der Waals surface area contributed by atoms with E-state index in [0.29, 0.717) is 0 Å². The highest BCUT2D eigenvalue weighted by Gasteiger charge is 2.66. The van der Waals surface area contributed by atoms with Gasteiger partial charge in [0.1, 0.15) is 18.8 Å². The third-order valence-corrected chi connectivity index (χ3v) is 4.83. The molecule has 1 aliphatic rings. The Labute approximate surface area is 200 Å². The molecule has 1 aliphatic heterocycles. The number of carbonyl (C=O) groups excluding carboxylic acids is 6. The highest BCUT2D eigenvalue weighted by atomic mass is 19.1. The van der Waals surface area contributed by atoms with Crippen LogP contribution in [-0.4, -0.2) is 85.9 Å². The van der Waals surface area contributed by atoms with Gasteiger partial charge in [0.2, 0.25) is 6.17 Å². The molecule has 0 aliphatic carbocycles. The van der Waals surface area contributed by atoms with E-state index in [-0.39, 0.29) is 0 Å². The lowest BCUT2D eigenvalue weighted by molar-refractivity contribution is -0.333. The van der Waals surface area contributed by atoms with Gasteiger partial charge in [0.05, 0.1) is 7.11 Å². The third-order valence-electron chi connectivity index (χ3n) is 4.83. The van der Waals surface area contributed by atoms with E-state index in [0.717, 1.165) is 41.7 Å². The average molecular weight is 508 g/mol. The zero-order valence-corrected chi connectivity index (χ0v) is 20.4. The fourth-order valence-corrected chi connectivity index (χ4v) is 3.56. The van der Waals surface area contributed by atoms with Gasteiger partial charge in [-0.3, -0.25) is 24.0 Å². The first-order chi connectivity index (χ1) is 16.2. The number of carbonyl (C=O) groups is 6. The lowest BCUT2D eigenvalue weighted by atomic mass is 9.83. The predicted molar refractivity (Wildman–Crippen MR) is 109 cm³/mol. The summed E-state index contributed by atoms with van der Waals surface area (Å²) in [4.78, 5) is 71.2. The predicted octanol–water partition coefficient (Wildman–Crippen LogP) is 0.150. The molecule has 0 aromatic carbocycles. The molecule has 1 fully saturated rings. The maximum Gasteiger partial charge on any atom is 0.383 e. The van der Waals surface area contributed by atoms with E-state index in [1.807, 2.05) is 0 Å². The normalized spacial score (nSPS) is 27.4. The smallest absolute Gasteiger partial charge is 0.383 e. The molecule has 0 aromatic rings. The van der Waals surface area contributed by atoms with E-state index < -0.39 is 84.7 Å². The first-order valence-corrected chi connectivity index (χ1v) is 10.4. The number of hydrogen-bond donors (Lipinski definition) is 0. The molecule has 0 spiro atoms. The van der Waals surface area contributed by atoms with Crippen LogP contribution in [0.5, 0.6) is 0 Å². The Hall–Kier alpha value is -3.29. The van der Waals surface area contributed by atoms with Gasteiger partial charge in [-0.25, -0.2) is 9.18 Å². The van der Waals surface area contributed by atoms with Gasteiger partial charge in [-0.2, -0.15) is 0 Å². The number of esters is 6. The molecule has 35 heavy (non-hydrogen) atoms. The van der Waals surface area contributed by atoms with Gasteiger partial charge in [0.15, 0.2) is 12.2 Å². The van der Waals surface area contributed by atoms with Gasteiger partial charge >= 0.3 is 41.6 Å². The molecule has 1 heterocycles. The highest BCUT2D eigenvalue weighted by Crippen LogP contribution is 2.41. The molecule has 1 saturated heterocycles. The van der Waals surface area contributed by atoms with Crippen LogP contribution in [-0.2, 0) is 61.9 Å². The van der Waals surface area contributed by atoms with Gasteiger partial charge in [0, 0.05) is 40.5 Å². The monoisotopic (exact) mass is 508 g/mol. The lowest BCUT2D eigenvalue weighted by Gasteiger charge is -2.48. The molecule has 198 valence electrons. The summed E-state index contributed by atoms with van der Waals surface area (Å²) in [6, 6.07) is 0. The maximum absolute atomic E-state index is 15.7. The van der Waals surface area contributed by atoms with Crippen LogP contribution in [0.1, 0.15) is 41.5 Å². The quantitative estimate of drug-likeness (QED) is 0.305. The van der Waals surface area contributed by atoms with Gasteiger partial charge in [-0.1, -0.05) is 6.92 Å². The van der Waals surface area contributed by atoms with Crippen molar-refractivity contribution in [3.05, 3.63) is 0 Å². The van der Waals surface area contributed by atoms with E-state index in [2.05, 4.69) is 4.74 Å². The SMILES string of the molecule is COC(=O)C1(OC(C)=O)OC(C(OC(C)=O)C(COC(C)=O)OC(C)=O)C(C)C(OC(C)=O)C1F. The van der Waals surface area contributed by atoms with Crippen LogP contribution >= 0.6 is 0 Å². The summed E-state index contributed by atoms with van der Waals surface area (Å²) in [6.07, 6.45) is -9.15. The zero-order chi connectivity index (χ0) is 27.1. The molecule has 0 N–H and O–H groups in total. The highest BCUT2D eigenvalue weighted by molar-refractivity contribution is 5.82. The fraction of sp³-hybridized carbons (Fsp3) is 0.714. The summed E-state index contributed by atoms with van der Waals surface area (Å²) >= 11 is 0. The molecule has 13 nitrogen and oxygen atoms in total. The molecule has 0 saturated carbocycles. The molecule has 0 aromatic heterocycles. The van der Waals surface area contributed by atoms with Crippen molar-refractivity contribution in [1.82, 2.24) is 0 Å². The van der Waals surface area contributed by atoms with E-state index in [9.17, 15) is 28.8 Å². The largest absolute Gasteiger partial charge is 0.464 e. The van der Waals surface area contributed by atoms with Gasteiger partial charge in [0.25, 0.3) is 0 Å². The molecule has 14 heteroatoms. The van der Waals surface area contributed by atoms with Crippen molar-refractivity contribution in [3.63, 3.8) is 0 Å². The topological polar surface area (TPSA) is 167 Å². The second-order valence-electron chi connectivity index (χ2n) is 7.69. The van der Waals surface area contributed by atoms with Crippen molar-refractivity contribution in [3.8, 4) is 0 Å². The first kappa shape index (κ1) is 29.7. The second kappa shape index (κ2) is 12.4. The molecular formula is C21H29FO13. The van der Waals surface area contributed by atoms with Crippen molar-refractivity contribution >= 4 is 35.8 Å². The molecular weight excluding hydrogens is 479 g/mol. The minimum atomic E-state index is -3.08. The Kier molecular flexibility index (Phi) is 10.6. The number of ether oxygens (including phenoxy) is 7. The molecule has 7 unspecified atom stereocenters. The Morgan fingerprint density at radius 1 is 0.886 bits per heavy atom. The number of hydrogen-bond acceptors (Lipinski definition) is 13. The maximum atomic E-state index is 15.7. The van der Waals surface area contributed by atoms with Crippen LogP contribution in [0.2, 0.25) is 0 Å². The van der Waals surface area contributed by atoms with Gasteiger partial charge < -0.3 is 33.2 Å². The molecule has 0 bridgehead atoms. The second-order valence-corrected chi connectivity index (χ2v) is 7.69. The zero-order valence-electron chi connectivity index (χ0n) is 20.4. The lowest BCUT2D eigenvalue weighted by Crippen LogP contribution is -2.69.